The van der Waals surface area contributed by atoms with Gasteiger partial charge in [-0.05, 0) is 19.4 Å². The summed E-state index contributed by atoms with van der Waals surface area (Å²) in [5.41, 5.74) is 6.82. The summed E-state index contributed by atoms with van der Waals surface area (Å²) in [6.07, 6.45) is 3.69. The predicted octanol–water partition coefficient (Wildman–Crippen LogP) is 1.41. The van der Waals surface area contributed by atoms with Crippen molar-refractivity contribution in [3.05, 3.63) is 11.1 Å². The third-order valence-corrected chi connectivity index (χ3v) is 4.03. The van der Waals surface area contributed by atoms with Gasteiger partial charge in [-0.1, -0.05) is 6.42 Å². The van der Waals surface area contributed by atoms with E-state index in [9.17, 15) is 4.79 Å². The Labute approximate surface area is 111 Å². The maximum Gasteiger partial charge on any atom is 0.223 e. The number of nitrogens with one attached hydrogen (secondary N) is 1. The number of nitrogens with zero attached hydrogens (tertiary/aromatic N) is 2. The van der Waals surface area contributed by atoms with Crippen LogP contribution in [-0.2, 0) is 11.3 Å². The molecule has 1 saturated heterocycles. The first-order chi connectivity index (χ1) is 8.69. The van der Waals surface area contributed by atoms with Crippen LogP contribution >= 0.6 is 11.3 Å². The molecule has 1 fully saturated rings. The number of hydrogen-bond donors (Lipinski definition) is 2. The number of piperidine rings is 1. The topological polar surface area (TPSA) is 71.2 Å². The molecule has 6 heteroatoms. The Bertz CT molecular complexity index is 407. The molecule has 0 spiro atoms. The molecule has 1 atom stereocenters. The molecule has 0 aliphatic carbocycles. The van der Waals surface area contributed by atoms with E-state index in [1.807, 2.05) is 5.38 Å². The standard InChI is InChI=1S/C12H20N4OS/c1-9(17)14-12-15-10(8-18-12)7-16-5-3-2-4-11(16)6-13/h8,11H,2-7,13H2,1H3,(H,14,15,17). The van der Waals surface area contributed by atoms with Crippen molar-refractivity contribution in [3.8, 4) is 0 Å². The molecule has 1 aliphatic rings. The van der Waals surface area contributed by atoms with E-state index in [2.05, 4.69) is 15.2 Å². The Hall–Kier alpha value is -0.980. The Balaban J connectivity index is 1.95. The smallest absolute Gasteiger partial charge is 0.223 e. The van der Waals surface area contributed by atoms with Crippen molar-refractivity contribution in [3.63, 3.8) is 0 Å². The molecule has 0 saturated carbocycles. The van der Waals surface area contributed by atoms with Crippen LogP contribution in [0.5, 0.6) is 0 Å². The summed E-state index contributed by atoms with van der Waals surface area (Å²) in [7, 11) is 0. The average Bonchev–Trinajstić information content (AvgIpc) is 2.76. The summed E-state index contributed by atoms with van der Waals surface area (Å²) >= 11 is 1.47. The fourth-order valence-corrected chi connectivity index (χ4v) is 3.08. The molecule has 1 amide bonds. The highest BCUT2D eigenvalue weighted by molar-refractivity contribution is 7.13. The van der Waals surface area contributed by atoms with Gasteiger partial charge >= 0.3 is 0 Å². The van der Waals surface area contributed by atoms with Crippen LogP contribution in [0.4, 0.5) is 5.13 Å². The molecule has 1 unspecified atom stereocenters. The van der Waals surface area contributed by atoms with Gasteiger partial charge in [-0.3, -0.25) is 9.69 Å². The molecule has 0 bridgehead atoms. The number of thiazole rings is 1. The second kappa shape index (κ2) is 6.26. The largest absolute Gasteiger partial charge is 0.329 e. The van der Waals surface area contributed by atoms with Crippen LogP contribution in [0.15, 0.2) is 5.38 Å². The van der Waals surface area contributed by atoms with E-state index in [4.69, 9.17) is 5.73 Å². The molecule has 100 valence electrons. The van der Waals surface area contributed by atoms with Crippen LogP contribution in [0.25, 0.3) is 0 Å². The van der Waals surface area contributed by atoms with Gasteiger partial charge in [0.2, 0.25) is 5.91 Å². The van der Waals surface area contributed by atoms with Gasteiger partial charge in [-0.2, -0.15) is 0 Å². The highest BCUT2D eigenvalue weighted by atomic mass is 32.1. The molecule has 1 aliphatic heterocycles. The number of nitrogens with two attached hydrogens (primary N) is 1. The third-order valence-electron chi connectivity index (χ3n) is 3.22. The SMILES string of the molecule is CC(=O)Nc1nc(CN2CCCCC2CN)cs1. The number of amides is 1. The molecular formula is C12H20N4OS. The number of carbonyl (C=O) groups is 1. The van der Waals surface area contributed by atoms with Crippen LogP contribution in [0.3, 0.4) is 0 Å². The molecule has 5 nitrogen and oxygen atoms in total. The minimum atomic E-state index is -0.0753. The highest BCUT2D eigenvalue weighted by Crippen LogP contribution is 2.21. The average molecular weight is 268 g/mol. The maximum atomic E-state index is 10.9. The Morgan fingerprint density at radius 1 is 1.67 bits per heavy atom. The monoisotopic (exact) mass is 268 g/mol. The van der Waals surface area contributed by atoms with Crippen LogP contribution in [0.1, 0.15) is 31.9 Å². The summed E-state index contributed by atoms with van der Waals surface area (Å²) in [5.74, 6) is -0.0753. The Kier molecular flexibility index (Phi) is 4.68. The fraction of sp³-hybridized carbons (Fsp3) is 0.667. The second-order valence-electron chi connectivity index (χ2n) is 4.68. The van der Waals surface area contributed by atoms with E-state index < -0.39 is 0 Å². The molecule has 1 aromatic rings. The van der Waals surface area contributed by atoms with Gasteiger partial charge in [0.1, 0.15) is 0 Å². The normalized spacial score (nSPS) is 20.9. The van der Waals surface area contributed by atoms with Gasteiger partial charge in [-0.25, -0.2) is 4.98 Å². The number of likely N-dealkylation sites (tertiary alicyclic amines) is 1. The summed E-state index contributed by atoms with van der Waals surface area (Å²) in [6.45, 7) is 4.13. The first kappa shape index (κ1) is 13.5. The molecule has 2 rings (SSSR count). The van der Waals surface area contributed by atoms with Crippen molar-refractivity contribution in [2.45, 2.75) is 38.8 Å². The van der Waals surface area contributed by atoms with Crippen molar-refractivity contribution in [1.29, 1.82) is 0 Å². The highest BCUT2D eigenvalue weighted by Gasteiger charge is 2.21. The number of rotatable bonds is 4. The van der Waals surface area contributed by atoms with Crippen molar-refractivity contribution < 1.29 is 4.79 Å². The van der Waals surface area contributed by atoms with Gasteiger partial charge in [0.15, 0.2) is 5.13 Å². The molecule has 3 N–H and O–H groups in total. The van der Waals surface area contributed by atoms with Crippen molar-refractivity contribution >= 4 is 22.4 Å². The zero-order chi connectivity index (χ0) is 13.0. The minimum absolute atomic E-state index is 0.0753. The molecule has 18 heavy (non-hydrogen) atoms. The van der Waals surface area contributed by atoms with Gasteiger partial charge in [0, 0.05) is 31.4 Å². The van der Waals surface area contributed by atoms with Crippen molar-refractivity contribution in [1.82, 2.24) is 9.88 Å². The molecule has 2 heterocycles. The van der Waals surface area contributed by atoms with Crippen LogP contribution in [-0.4, -0.2) is 34.9 Å². The third kappa shape index (κ3) is 3.51. The van der Waals surface area contributed by atoms with Gasteiger partial charge in [-0.15, -0.1) is 11.3 Å². The van der Waals surface area contributed by atoms with Gasteiger partial charge in [0.05, 0.1) is 5.69 Å². The lowest BCUT2D eigenvalue weighted by molar-refractivity contribution is -0.114. The Morgan fingerprint density at radius 2 is 2.50 bits per heavy atom. The van der Waals surface area contributed by atoms with Gasteiger partial charge < -0.3 is 11.1 Å². The number of anilines is 1. The van der Waals surface area contributed by atoms with E-state index in [0.29, 0.717) is 17.7 Å². The van der Waals surface area contributed by atoms with Crippen LogP contribution in [0.2, 0.25) is 0 Å². The first-order valence-corrected chi connectivity index (χ1v) is 7.23. The molecular weight excluding hydrogens is 248 g/mol. The number of aromatic nitrogens is 1. The van der Waals surface area contributed by atoms with E-state index in [-0.39, 0.29) is 5.91 Å². The summed E-state index contributed by atoms with van der Waals surface area (Å²) in [5, 5.41) is 5.40. The zero-order valence-corrected chi connectivity index (χ0v) is 11.5. The molecule has 0 radical (unpaired) electrons. The lowest BCUT2D eigenvalue weighted by atomic mass is 10.0. The zero-order valence-electron chi connectivity index (χ0n) is 10.7. The van der Waals surface area contributed by atoms with E-state index >= 15 is 0 Å². The minimum Gasteiger partial charge on any atom is -0.329 e. The fourth-order valence-electron chi connectivity index (χ4n) is 2.33. The quantitative estimate of drug-likeness (QED) is 0.866. The predicted molar refractivity (Wildman–Crippen MR) is 73.5 cm³/mol. The molecule has 1 aromatic heterocycles. The van der Waals surface area contributed by atoms with E-state index in [0.717, 1.165) is 18.8 Å². The van der Waals surface area contributed by atoms with E-state index in [1.54, 1.807) is 0 Å². The number of hydrogen-bond acceptors (Lipinski definition) is 5. The van der Waals surface area contributed by atoms with Crippen LogP contribution < -0.4 is 11.1 Å². The van der Waals surface area contributed by atoms with Crippen molar-refractivity contribution in [2.24, 2.45) is 5.73 Å². The van der Waals surface area contributed by atoms with E-state index in [1.165, 1.54) is 37.5 Å². The first-order valence-electron chi connectivity index (χ1n) is 6.35. The van der Waals surface area contributed by atoms with Gasteiger partial charge in [0.25, 0.3) is 0 Å². The summed E-state index contributed by atoms with van der Waals surface area (Å²) in [6, 6.07) is 0.477. The van der Waals surface area contributed by atoms with Crippen LogP contribution in [0, 0.1) is 0 Å². The lowest BCUT2D eigenvalue weighted by Gasteiger charge is -2.34. The molecule has 0 aromatic carbocycles. The summed E-state index contributed by atoms with van der Waals surface area (Å²) < 4.78 is 0. The lowest BCUT2D eigenvalue weighted by Crippen LogP contribution is -2.43. The Morgan fingerprint density at radius 3 is 3.22 bits per heavy atom. The second-order valence-corrected chi connectivity index (χ2v) is 5.54. The number of carbonyl (C=O) groups excluding carboxylic acids is 1. The van der Waals surface area contributed by atoms with Crippen molar-refractivity contribution in [2.75, 3.05) is 18.4 Å². The maximum absolute atomic E-state index is 10.9. The summed E-state index contributed by atoms with van der Waals surface area (Å²) in [4.78, 5) is 17.8.